The first-order valence-corrected chi connectivity index (χ1v) is 14.0. The number of rotatable bonds is 5. The number of nitrogens with two attached hydrogens (primary N) is 1. The number of hydrogen-bond donors (Lipinski definition) is 1. The maximum atomic E-state index is 6.41. The topological polar surface area (TPSA) is 101 Å². The lowest BCUT2D eigenvalue weighted by Gasteiger charge is -2.43. The van der Waals surface area contributed by atoms with E-state index in [1.165, 1.54) is 0 Å². The molecule has 1 unspecified atom stereocenters. The molecule has 2 N–H and O–H groups in total. The van der Waals surface area contributed by atoms with E-state index in [0.29, 0.717) is 11.9 Å². The van der Waals surface area contributed by atoms with Gasteiger partial charge in [-0.1, -0.05) is 18.2 Å². The van der Waals surface area contributed by atoms with Gasteiger partial charge in [-0.3, -0.25) is 4.90 Å². The molecule has 9 heteroatoms. The summed E-state index contributed by atoms with van der Waals surface area (Å²) < 4.78 is 20.0. The van der Waals surface area contributed by atoms with Crippen molar-refractivity contribution in [3.8, 4) is 22.8 Å². The van der Waals surface area contributed by atoms with Gasteiger partial charge >= 0.3 is 0 Å². The van der Waals surface area contributed by atoms with Crippen molar-refractivity contribution in [3.05, 3.63) is 60.9 Å². The second kappa shape index (κ2) is 10.2. The molecule has 2 aromatic heterocycles. The third-order valence-corrected chi connectivity index (χ3v) is 8.45. The lowest BCUT2D eigenvalue weighted by atomic mass is 9.88. The number of piperidine rings is 1. The molecular weight excluding hydrogens is 492 g/mol. The molecule has 2 aliphatic heterocycles. The molecule has 0 radical (unpaired) electrons. The van der Waals surface area contributed by atoms with Crippen molar-refractivity contribution in [3.63, 3.8) is 0 Å². The maximum Gasteiger partial charge on any atom is 0.168 e. The van der Waals surface area contributed by atoms with E-state index in [1.54, 1.807) is 6.33 Å². The highest BCUT2D eigenvalue weighted by molar-refractivity contribution is 5.98. The zero-order valence-corrected chi connectivity index (χ0v) is 22.0. The van der Waals surface area contributed by atoms with Crippen LogP contribution < -0.4 is 10.5 Å². The zero-order chi connectivity index (χ0) is 26.2. The van der Waals surface area contributed by atoms with Crippen LogP contribution in [0.15, 0.2) is 60.9 Å². The SMILES string of the molecule is Nc1ncnc2c1c(-c1ccc(Oc3ccccc3)cc1)nn2C1CCCN(C2CCC3(CC2)OCCO3)C1. The monoisotopic (exact) mass is 526 g/mol. The first-order chi connectivity index (χ1) is 19.2. The molecule has 3 fully saturated rings. The second-order valence-electron chi connectivity index (χ2n) is 10.8. The Hall–Kier alpha value is -3.53. The Morgan fingerprint density at radius 2 is 1.62 bits per heavy atom. The fourth-order valence-corrected chi connectivity index (χ4v) is 6.47. The van der Waals surface area contributed by atoms with Gasteiger partial charge in [0, 0.05) is 31.0 Å². The van der Waals surface area contributed by atoms with Crippen molar-refractivity contribution >= 4 is 16.9 Å². The first-order valence-electron chi connectivity index (χ1n) is 14.0. The van der Waals surface area contributed by atoms with Gasteiger partial charge in [-0.2, -0.15) is 5.10 Å². The van der Waals surface area contributed by atoms with Crippen LogP contribution in [-0.4, -0.2) is 62.8 Å². The largest absolute Gasteiger partial charge is 0.457 e. The van der Waals surface area contributed by atoms with Crippen molar-refractivity contribution in [1.29, 1.82) is 0 Å². The number of anilines is 1. The Morgan fingerprint density at radius 3 is 2.38 bits per heavy atom. The summed E-state index contributed by atoms with van der Waals surface area (Å²) in [6, 6.07) is 18.5. The van der Waals surface area contributed by atoms with E-state index < -0.39 is 0 Å². The van der Waals surface area contributed by atoms with Crippen LogP contribution in [0.3, 0.4) is 0 Å². The minimum absolute atomic E-state index is 0.222. The van der Waals surface area contributed by atoms with Crippen LogP contribution in [0.5, 0.6) is 11.5 Å². The molecule has 39 heavy (non-hydrogen) atoms. The average molecular weight is 527 g/mol. The number of aromatic nitrogens is 4. The van der Waals surface area contributed by atoms with E-state index in [9.17, 15) is 0 Å². The molecule has 4 aromatic rings. The number of likely N-dealkylation sites (tertiary alicyclic amines) is 1. The Balaban J connectivity index is 1.13. The Kier molecular flexibility index (Phi) is 6.42. The van der Waals surface area contributed by atoms with Crippen LogP contribution >= 0.6 is 0 Å². The number of nitrogen functional groups attached to an aromatic ring is 1. The van der Waals surface area contributed by atoms with E-state index in [4.69, 9.17) is 25.0 Å². The van der Waals surface area contributed by atoms with Crippen molar-refractivity contribution < 1.29 is 14.2 Å². The summed E-state index contributed by atoms with van der Waals surface area (Å²) in [4.78, 5) is 11.6. The Bertz CT molecular complexity index is 1420. The second-order valence-corrected chi connectivity index (χ2v) is 10.8. The molecule has 1 atom stereocenters. The van der Waals surface area contributed by atoms with Gasteiger partial charge in [0.15, 0.2) is 11.4 Å². The molecule has 202 valence electrons. The van der Waals surface area contributed by atoms with Gasteiger partial charge < -0.3 is 19.9 Å². The van der Waals surface area contributed by atoms with Crippen molar-refractivity contribution in [1.82, 2.24) is 24.6 Å². The van der Waals surface area contributed by atoms with Crippen molar-refractivity contribution in [2.24, 2.45) is 0 Å². The summed E-state index contributed by atoms with van der Waals surface area (Å²) in [5, 5.41) is 5.93. The highest BCUT2D eigenvalue weighted by Crippen LogP contribution is 2.40. The molecule has 2 aromatic carbocycles. The lowest BCUT2D eigenvalue weighted by Crippen LogP contribution is -2.48. The van der Waals surface area contributed by atoms with Gasteiger partial charge in [-0.05, 0) is 68.6 Å². The Labute approximate surface area is 227 Å². The molecule has 7 rings (SSSR count). The molecular formula is C30H34N6O3. The van der Waals surface area contributed by atoms with E-state index in [0.717, 1.165) is 98.6 Å². The van der Waals surface area contributed by atoms with E-state index in [1.807, 2.05) is 54.6 Å². The van der Waals surface area contributed by atoms with Crippen LogP contribution in [0, 0.1) is 0 Å². The molecule has 1 saturated carbocycles. The van der Waals surface area contributed by atoms with Crippen LogP contribution in [0.25, 0.3) is 22.3 Å². The van der Waals surface area contributed by atoms with Gasteiger partial charge in [-0.25, -0.2) is 14.6 Å². The van der Waals surface area contributed by atoms with Crippen LogP contribution in [0.2, 0.25) is 0 Å². The summed E-state index contributed by atoms with van der Waals surface area (Å²) >= 11 is 0. The number of para-hydroxylation sites is 1. The standard InChI is InChI=1S/C30H34N6O3/c31-28-26-27(21-8-10-25(11-9-21)39-24-6-2-1-3-7-24)34-36(29(26)33-20-32-28)23-5-4-16-35(19-23)22-12-14-30(15-13-22)37-17-18-38-30/h1-3,6-11,20,22-23H,4-5,12-19H2,(H2,31,32,33). The number of nitrogens with zero attached hydrogens (tertiary/aromatic N) is 5. The molecule has 2 saturated heterocycles. The van der Waals surface area contributed by atoms with Crippen LogP contribution in [0.4, 0.5) is 5.82 Å². The molecule has 4 heterocycles. The van der Waals surface area contributed by atoms with Gasteiger partial charge in [0.2, 0.25) is 0 Å². The summed E-state index contributed by atoms with van der Waals surface area (Å²) in [5.41, 5.74) is 8.97. The van der Waals surface area contributed by atoms with Gasteiger partial charge in [0.1, 0.15) is 29.3 Å². The van der Waals surface area contributed by atoms with Crippen molar-refractivity contribution in [2.45, 2.75) is 56.4 Å². The number of benzene rings is 2. The highest BCUT2D eigenvalue weighted by Gasteiger charge is 2.42. The third kappa shape index (κ3) is 4.75. The van der Waals surface area contributed by atoms with Crippen LogP contribution in [-0.2, 0) is 9.47 Å². The van der Waals surface area contributed by atoms with Gasteiger partial charge in [0.25, 0.3) is 0 Å². The quantitative estimate of drug-likeness (QED) is 0.379. The normalized spacial score (nSPS) is 22.0. The number of fused-ring (bicyclic) bond motifs is 1. The molecule has 9 nitrogen and oxygen atoms in total. The number of ether oxygens (including phenoxy) is 3. The van der Waals surface area contributed by atoms with E-state index in [2.05, 4.69) is 19.5 Å². The summed E-state index contributed by atoms with van der Waals surface area (Å²) in [7, 11) is 0. The molecule has 0 amide bonds. The molecule has 1 spiro atoms. The van der Waals surface area contributed by atoms with Crippen molar-refractivity contribution in [2.75, 3.05) is 32.0 Å². The zero-order valence-electron chi connectivity index (χ0n) is 22.0. The molecule has 0 bridgehead atoms. The van der Waals surface area contributed by atoms with Crippen LogP contribution in [0.1, 0.15) is 44.6 Å². The molecule has 3 aliphatic rings. The molecule has 1 aliphatic carbocycles. The fourth-order valence-electron chi connectivity index (χ4n) is 6.47. The van der Waals surface area contributed by atoms with E-state index >= 15 is 0 Å². The predicted octanol–water partition coefficient (Wildman–Crippen LogP) is 5.19. The minimum Gasteiger partial charge on any atom is -0.457 e. The lowest BCUT2D eigenvalue weighted by molar-refractivity contribution is -0.184. The van der Waals surface area contributed by atoms with Gasteiger partial charge in [0.05, 0.1) is 24.6 Å². The van der Waals surface area contributed by atoms with E-state index in [-0.39, 0.29) is 11.8 Å². The summed E-state index contributed by atoms with van der Waals surface area (Å²) in [5.74, 6) is 1.70. The average Bonchev–Trinajstić information content (AvgIpc) is 3.60. The first kappa shape index (κ1) is 24.5. The summed E-state index contributed by atoms with van der Waals surface area (Å²) in [6.45, 7) is 3.50. The maximum absolute atomic E-state index is 6.41. The minimum atomic E-state index is -0.324. The highest BCUT2D eigenvalue weighted by atomic mass is 16.7. The number of hydrogen-bond acceptors (Lipinski definition) is 8. The Morgan fingerprint density at radius 1 is 0.872 bits per heavy atom. The summed E-state index contributed by atoms with van der Waals surface area (Å²) in [6.07, 6.45) is 7.88. The third-order valence-electron chi connectivity index (χ3n) is 8.45. The smallest absolute Gasteiger partial charge is 0.168 e. The van der Waals surface area contributed by atoms with Gasteiger partial charge in [-0.15, -0.1) is 0 Å². The fraction of sp³-hybridized carbons (Fsp3) is 0.433. The predicted molar refractivity (Wildman–Crippen MR) is 148 cm³/mol.